The number of hydrogen-bond donors (Lipinski definition) is 3. The summed E-state index contributed by atoms with van der Waals surface area (Å²) in [6.45, 7) is 2.21. The van der Waals surface area contributed by atoms with Crippen LogP contribution in [0.25, 0.3) is 0 Å². The molecule has 0 aromatic heterocycles. The standard InChI is InChI=1S/C9H13BrN2O3S/c1-2-6-11-16(14,15)12-8-5-3-4-7(10)9(8)13/h3-5,11-13H,2,6H2,1H3. The molecule has 1 aromatic carbocycles. The fourth-order valence-electron chi connectivity index (χ4n) is 1.01. The number of anilines is 1. The Morgan fingerprint density at radius 1 is 1.44 bits per heavy atom. The minimum Gasteiger partial charge on any atom is -0.505 e. The molecule has 0 aliphatic carbocycles. The molecule has 0 radical (unpaired) electrons. The van der Waals surface area contributed by atoms with Crippen LogP contribution in [0.15, 0.2) is 22.7 Å². The van der Waals surface area contributed by atoms with Crippen molar-refractivity contribution in [2.24, 2.45) is 0 Å². The fourth-order valence-corrected chi connectivity index (χ4v) is 2.38. The second kappa shape index (κ2) is 5.51. The van der Waals surface area contributed by atoms with E-state index in [1.54, 1.807) is 12.1 Å². The normalized spacial score (nSPS) is 11.4. The van der Waals surface area contributed by atoms with Crippen molar-refractivity contribution in [1.29, 1.82) is 0 Å². The molecule has 0 aliphatic rings. The van der Waals surface area contributed by atoms with Gasteiger partial charge in [-0.3, -0.25) is 4.72 Å². The number of phenols is 1. The molecule has 0 fully saturated rings. The second-order valence-electron chi connectivity index (χ2n) is 3.14. The van der Waals surface area contributed by atoms with Gasteiger partial charge in [0.25, 0.3) is 10.2 Å². The SMILES string of the molecule is CCCNS(=O)(=O)Nc1cccc(Br)c1O. The monoisotopic (exact) mass is 308 g/mol. The van der Waals surface area contributed by atoms with Crippen LogP contribution >= 0.6 is 15.9 Å². The molecule has 0 amide bonds. The third-order valence-electron chi connectivity index (χ3n) is 1.77. The van der Waals surface area contributed by atoms with E-state index in [4.69, 9.17) is 0 Å². The van der Waals surface area contributed by atoms with E-state index in [0.29, 0.717) is 17.4 Å². The van der Waals surface area contributed by atoms with Crippen LogP contribution in [0.4, 0.5) is 5.69 Å². The van der Waals surface area contributed by atoms with Crippen LogP contribution in [0.2, 0.25) is 0 Å². The third kappa shape index (κ3) is 3.66. The van der Waals surface area contributed by atoms with Crippen LogP contribution in [-0.4, -0.2) is 20.1 Å². The maximum atomic E-state index is 11.5. The van der Waals surface area contributed by atoms with E-state index >= 15 is 0 Å². The zero-order valence-corrected chi connectivity index (χ0v) is 11.1. The van der Waals surface area contributed by atoms with E-state index in [1.807, 2.05) is 6.92 Å². The summed E-state index contributed by atoms with van der Waals surface area (Å²) in [6, 6.07) is 4.72. The summed E-state index contributed by atoms with van der Waals surface area (Å²) in [6.07, 6.45) is 0.700. The molecule has 16 heavy (non-hydrogen) atoms. The van der Waals surface area contributed by atoms with E-state index in [9.17, 15) is 13.5 Å². The van der Waals surface area contributed by atoms with Crippen LogP contribution < -0.4 is 9.44 Å². The van der Waals surface area contributed by atoms with Gasteiger partial charge in [0.2, 0.25) is 0 Å². The zero-order valence-electron chi connectivity index (χ0n) is 8.70. The molecule has 5 nitrogen and oxygen atoms in total. The molecule has 0 spiro atoms. The number of para-hydroxylation sites is 1. The summed E-state index contributed by atoms with van der Waals surface area (Å²) in [5, 5.41) is 9.58. The van der Waals surface area contributed by atoms with Crippen molar-refractivity contribution < 1.29 is 13.5 Å². The fraction of sp³-hybridized carbons (Fsp3) is 0.333. The summed E-state index contributed by atoms with van der Waals surface area (Å²) in [4.78, 5) is 0. The molecule has 7 heteroatoms. The maximum absolute atomic E-state index is 11.5. The third-order valence-corrected chi connectivity index (χ3v) is 3.49. The first-order valence-electron chi connectivity index (χ1n) is 4.71. The van der Waals surface area contributed by atoms with E-state index in [2.05, 4.69) is 25.4 Å². The number of hydrogen-bond acceptors (Lipinski definition) is 3. The lowest BCUT2D eigenvalue weighted by Crippen LogP contribution is -2.30. The predicted octanol–water partition coefficient (Wildman–Crippen LogP) is 1.81. The van der Waals surface area contributed by atoms with Crippen LogP contribution in [0.3, 0.4) is 0 Å². The number of rotatable bonds is 5. The van der Waals surface area contributed by atoms with E-state index in [1.165, 1.54) is 6.07 Å². The highest BCUT2D eigenvalue weighted by Gasteiger charge is 2.12. The maximum Gasteiger partial charge on any atom is 0.299 e. The summed E-state index contributed by atoms with van der Waals surface area (Å²) in [7, 11) is -3.62. The van der Waals surface area contributed by atoms with Crippen molar-refractivity contribution in [2.75, 3.05) is 11.3 Å². The zero-order chi connectivity index (χ0) is 12.2. The molecule has 1 rings (SSSR count). The highest BCUT2D eigenvalue weighted by atomic mass is 79.9. The number of benzene rings is 1. The van der Waals surface area contributed by atoms with Crippen LogP contribution in [-0.2, 0) is 10.2 Å². The molecule has 1 aromatic rings. The molecule has 0 bridgehead atoms. The molecule has 0 atom stereocenters. The Morgan fingerprint density at radius 3 is 2.75 bits per heavy atom. The Hall–Kier alpha value is -0.790. The van der Waals surface area contributed by atoms with Crippen molar-refractivity contribution in [3.8, 4) is 5.75 Å². The van der Waals surface area contributed by atoms with Crippen molar-refractivity contribution in [2.45, 2.75) is 13.3 Å². The topological polar surface area (TPSA) is 78.4 Å². The van der Waals surface area contributed by atoms with Gasteiger partial charge in [-0.2, -0.15) is 13.1 Å². The van der Waals surface area contributed by atoms with Gasteiger partial charge in [0.05, 0.1) is 10.2 Å². The summed E-state index contributed by atoms with van der Waals surface area (Å²) in [5.41, 5.74) is 0.137. The van der Waals surface area contributed by atoms with Crippen LogP contribution in [0, 0.1) is 0 Å². The lowest BCUT2D eigenvalue weighted by molar-refractivity contribution is 0.474. The van der Waals surface area contributed by atoms with Gasteiger partial charge >= 0.3 is 0 Å². The van der Waals surface area contributed by atoms with Crippen LogP contribution in [0.1, 0.15) is 13.3 Å². The van der Waals surface area contributed by atoms with E-state index < -0.39 is 10.2 Å². The molecule has 90 valence electrons. The predicted molar refractivity (Wildman–Crippen MR) is 66.6 cm³/mol. The van der Waals surface area contributed by atoms with Gasteiger partial charge in [0, 0.05) is 6.54 Å². The Morgan fingerprint density at radius 2 is 2.12 bits per heavy atom. The Balaban J connectivity index is 2.84. The molecule has 3 N–H and O–H groups in total. The van der Waals surface area contributed by atoms with Crippen molar-refractivity contribution in [3.63, 3.8) is 0 Å². The smallest absolute Gasteiger partial charge is 0.299 e. The first-order chi connectivity index (χ1) is 7.46. The van der Waals surface area contributed by atoms with Gasteiger partial charge in [-0.15, -0.1) is 0 Å². The summed E-state index contributed by atoms with van der Waals surface area (Å²) >= 11 is 3.10. The average Bonchev–Trinajstić information content (AvgIpc) is 2.22. The number of aromatic hydroxyl groups is 1. The number of nitrogens with one attached hydrogen (secondary N) is 2. The van der Waals surface area contributed by atoms with Gasteiger partial charge < -0.3 is 5.11 Å². The quantitative estimate of drug-likeness (QED) is 0.726. The molecule has 0 heterocycles. The number of phenolic OH excluding ortho intramolecular Hbond substituents is 1. The first-order valence-corrected chi connectivity index (χ1v) is 6.99. The molecule has 0 unspecified atom stereocenters. The lowest BCUT2D eigenvalue weighted by Gasteiger charge is -2.10. The largest absolute Gasteiger partial charge is 0.505 e. The molecule has 0 saturated heterocycles. The van der Waals surface area contributed by atoms with Crippen LogP contribution in [0.5, 0.6) is 5.75 Å². The van der Waals surface area contributed by atoms with Gasteiger partial charge in [0.15, 0.2) is 5.75 Å². The Kier molecular flexibility index (Phi) is 4.57. The minimum atomic E-state index is -3.62. The van der Waals surface area contributed by atoms with E-state index in [-0.39, 0.29) is 11.4 Å². The van der Waals surface area contributed by atoms with Crippen molar-refractivity contribution in [3.05, 3.63) is 22.7 Å². The first kappa shape index (κ1) is 13.3. The minimum absolute atomic E-state index is 0.135. The van der Waals surface area contributed by atoms with Crippen molar-refractivity contribution in [1.82, 2.24) is 4.72 Å². The second-order valence-corrected chi connectivity index (χ2v) is 5.49. The highest BCUT2D eigenvalue weighted by molar-refractivity contribution is 9.10. The van der Waals surface area contributed by atoms with Gasteiger partial charge in [0.1, 0.15) is 0 Å². The van der Waals surface area contributed by atoms with E-state index in [0.717, 1.165) is 0 Å². The molecular formula is C9H13BrN2O3S. The Bertz CT molecular complexity index is 462. The molecule has 0 saturated carbocycles. The highest BCUT2D eigenvalue weighted by Crippen LogP contribution is 2.31. The average molecular weight is 309 g/mol. The van der Waals surface area contributed by atoms with Crippen molar-refractivity contribution >= 4 is 31.8 Å². The summed E-state index contributed by atoms with van der Waals surface area (Å²) < 4.78 is 28.0. The number of halogens is 1. The Labute approximate surface area is 103 Å². The lowest BCUT2D eigenvalue weighted by atomic mass is 10.3. The molecule has 0 aliphatic heterocycles. The van der Waals surface area contributed by atoms with Gasteiger partial charge in [-0.05, 0) is 34.5 Å². The summed E-state index contributed by atoms with van der Waals surface area (Å²) in [5.74, 6) is -0.135. The van der Waals surface area contributed by atoms with Gasteiger partial charge in [-0.1, -0.05) is 13.0 Å². The van der Waals surface area contributed by atoms with Gasteiger partial charge in [-0.25, -0.2) is 0 Å². The molecular weight excluding hydrogens is 296 g/mol.